The molecule has 0 aliphatic rings. The van der Waals surface area contributed by atoms with Crippen LogP contribution in [0.15, 0.2) is 48.5 Å². The van der Waals surface area contributed by atoms with Crippen LogP contribution in [0.5, 0.6) is 5.75 Å². The minimum Gasteiger partial charge on any atom is -0.497 e. The van der Waals surface area contributed by atoms with Crippen LogP contribution < -0.4 is 9.46 Å². The lowest BCUT2D eigenvalue weighted by molar-refractivity contribution is -0.384. The maximum absolute atomic E-state index is 12.3. The molecule has 0 heterocycles. The average Bonchev–Trinajstić information content (AvgIpc) is 2.54. The Morgan fingerprint density at radius 2 is 1.88 bits per heavy atom. The molecule has 0 amide bonds. The molecule has 1 atom stereocenters. The van der Waals surface area contributed by atoms with E-state index in [1.807, 2.05) is 0 Å². The Morgan fingerprint density at radius 1 is 1.21 bits per heavy atom. The van der Waals surface area contributed by atoms with Crippen molar-refractivity contribution >= 4 is 15.7 Å². The molecule has 0 radical (unpaired) electrons. The first-order chi connectivity index (χ1) is 11.3. The number of ether oxygens (including phenoxy) is 1. The maximum atomic E-state index is 12.3. The summed E-state index contributed by atoms with van der Waals surface area (Å²) >= 11 is 0. The normalized spacial score (nSPS) is 12.6. The van der Waals surface area contributed by atoms with E-state index in [1.165, 1.54) is 18.2 Å². The van der Waals surface area contributed by atoms with E-state index >= 15 is 0 Å². The van der Waals surface area contributed by atoms with Gasteiger partial charge in [0.1, 0.15) is 5.75 Å². The topological polar surface area (TPSA) is 98.5 Å². The van der Waals surface area contributed by atoms with Crippen LogP contribution in [0.1, 0.15) is 24.1 Å². The Labute approximate surface area is 140 Å². The van der Waals surface area contributed by atoms with Crippen LogP contribution in [0, 0.1) is 10.1 Å². The molecule has 1 N–H and O–H groups in total. The van der Waals surface area contributed by atoms with Crippen molar-refractivity contribution in [3.05, 3.63) is 69.8 Å². The SMILES string of the molecule is COc1ccc([C@@H](C)NS(=O)(=O)Cc2cccc([N+](=O)[O-])c2)cc1. The van der Waals surface area contributed by atoms with Crippen molar-refractivity contribution in [1.29, 1.82) is 0 Å². The van der Waals surface area contributed by atoms with Crippen LogP contribution in [0.3, 0.4) is 0 Å². The summed E-state index contributed by atoms with van der Waals surface area (Å²) in [6.07, 6.45) is 0. The fourth-order valence-electron chi connectivity index (χ4n) is 2.25. The fraction of sp³-hybridized carbons (Fsp3) is 0.250. The van der Waals surface area contributed by atoms with Crippen LogP contribution in [0.25, 0.3) is 0 Å². The average molecular weight is 350 g/mol. The van der Waals surface area contributed by atoms with Gasteiger partial charge in [-0.1, -0.05) is 24.3 Å². The zero-order chi connectivity index (χ0) is 17.7. The standard InChI is InChI=1S/C16H18N2O5S/c1-12(14-6-8-16(23-2)9-7-14)17-24(21,22)11-13-4-3-5-15(10-13)18(19)20/h3-10,12,17H,11H2,1-2H3/t12-/m1/s1. The summed E-state index contributed by atoms with van der Waals surface area (Å²) < 4.78 is 32.2. The van der Waals surface area contributed by atoms with Crippen molar-refractivity contribution < 1.29 is 18.1 Å². The number of nitro groups is 1. The van der Waals surface area contributed by atoms with Crippen molar-refractivity contribution in [2.75, 3.05) is 7.11 Å². The number of nitrogens with zero attached hydrogens (tertiary/aromatic N) is 1. The van der Waals surface area contributed by atoms with E-state index in [0.717, 1.165) is 5.56 Å². The van der Waals surface area contributed by atoms with Gasteiger partial charge in [-0.05, 0) is 30.2 Å². The van der Waals surface area contributed by atoms with Crippen LogP contribution in [-0.4, -0.2) is 20.5 Å². The zero-order valence-electron chi connectivity index (χ0n) is 13.3. The molecule has 0 aliphatic heterocycles. The molecule has 0 bridgehead atoms. The molecule has 0 aliphatic carbocycles. The molecule has 0 saturated carbocycles. The van der Waals surface area contributed by atoms with Crippen LogP contribution >= 0.6 is 0 Å². The lowest BCUT2D eigenvalue weighted by atomic mass is 10.1. The maximum Gasteiger partial charge on any atom is 0.269 e. The highest BCUT2D eigenvalue weighted by Crippen LogP contribution is 2.20. The lowest BCUT2D eigenvalue weighted by Gasteiger charge is -2.15. The summed E-state index contributed by atoms with van der Waals surface area (Å²) in [7, 11) is -2.09. The first-order valence-electron chi connectivity index (χ1n) is 7.18. The second-order valence-electron chi connectivity index (χ2n) is 5.30. The van der Waals surface area contributed by atoms with Gasteiger partial charge >= 0.3 is 0 Å². The van der Waals surface area contributed by atoms with Crippen LogP contribution in [0.4, 0.5) is 5.69 Å². The molecular weight excluding hydrogens is 332 g/mol. The van der Waals surface area contributed by atoms with Gasteiger partial charge in [0, 0.05) is 18.2 Å². The number of benzene rings is 2. The van der Waals surface area contributed by atoms with Gasteiger partial charge in [-0.15, -0.1) is 0 Å². The van der Waals surface area contributed by atoms with Gasteiger partial charge in [-0.2, -0.15) is 0 Å². The number of sulfonamides is 1. The Kier molecular flexibility index (Phi) is 5.53. The molecule has 0 fully saturated rings. The quantitative estimate of drug-likeness (QED) is 0.611. The highest BCUT2D eigenvalue weighted by atomic mass is 32.2. The van der Waals surface area contributed by atoms with E-state index in [4.69, 9.17) is 4.74 Å². The summed E-state index contributed by atoms with van der Waals surface area (Å²) in [6, 6.07) is 12.2. The van der Waals surface area contributed by atoms with Crippen molar-refractivity contribution in [2.24, 2.45) is 0 Å². The van der Waals surface area contributed by atoms with Gasteiger partial charge in [-0.3, -0.25) is 10.1 Å². The van der Waals surface area contributed by atoms with E-state index in [2.05, 4.69) is 4.72 Å². The predicted molar refractivity (Wildman–Crippen MR) is 90.3 cm³/mol. The second kappa shape index (κ2) is 7.41. The van der Waals surface area contributed by atoms with E-state index in [1.54, 1.807) is 44.4 Å². The van der Waals surface area contributed by atoms with Gasteiger partial charge in [0.15, 0.2) is 0 Å². The first-order valence-corrected chi connectivity index (χ1v) is 8.83. The summed E-state index contributed by atoms with van der Waals surface area (Å²) in [5.74, 6) is 0.361. The fourth-order valence-corrected chi connectivity index (χ4v) is 3.63. The number of nitro benzene ring substituents is 1. The minimum atomic E-state index is -3.64. The van der Waals surface area contributed by atoms with Gasteiger partial charge in [0.05, 0.1) is 17.8 Å². The highest BCUT2D eigenvalue weighted by Gasteiger charge is 2.18. The molecule has 2 aromatic carbocycles. The molecule has 7 nitrogen and oxygen atoms in total. The second-order valence-corrected chi connectivity index (χ2v) is 7.05. The van der Waals surface area contributed by atoms with Crippen molar-refractivity contribution in [3.63, 3.8) is 0 Å². The summed E-state index contributed by atoms with van der Waals surface area (Å²) in [4.78, 5) is 10.2. The van der Waals surface area contributed by atoms with Gasteiger partial charge in [0.25, 0.3) is 5.69 Å². The molecular formula is C16H18N2O5S. The summed E-state index contributed by atoms with van der Waals surface area (Å²) in [5, 5.41) is 10.8. The van der Waals surface area contributed by atoms with Gasteiger partial charge in [0.2, 0.25) is 10.0 Å². The highest BCUT2D eigenvalue weighted by molar-refractivity contribution is 7.88. The Balaban J connectivity index is 2.09. The van der Waals surface area contributed by atoms with Gasteiger partial charge in [-0.25, -0.2) is 13.1 Å². The molecule has 0 spiro atoms. The summed E-state index contributed by atoms with van der Waals surface area (Å²) in [5.41, 5.74) is 1.02. The molecule has 24 heavy (non-hydrogen) atoms. The van der Waals surface area contributed by atoms with Crippen molar-refractivity contribution in [3.8, 4) is 5.75 Å². The largest absolute Gasteiger partial charge is 0.497 e. The number of hydrogen-bond acceptors (Lipinski definition) is 5. The molecule has 0 saturated heterocycles. The number of methoxy groups -OCH3 is 1. The molecule has 2 aromatic rings. The number of rotatable bonds is 7. The Morgan fingerprint density at radius 3 is 2.46 bits per heavy atom. The van der Waals surface area contributed by atoms with Crippen molar-refractivity contribution in [1.82, 2.24) is 4.72 Å². The third-order valence-corrected chi connectivity index (χ3v) is 4.88. The molecule has 0 unspecified atom stereocenters. The number of non-ortho nitro benzene ring substituents is 1. The molecule has 0 aromatic heterocycles. The monoisotopic (exact) mass is 350 g/mol. The third-order valence-electron chi connectivity index (χ3n) is 3.45. The van der Waals surface area contributed by atoms with E-state index < -0.39 is 21.0 Å². The minimum absolute atomic E-state index is 0.133. The number of nitrogens with one attached hydrogen (secondary N) is 1. The van der Waals surface area contributed by atoms with Crippen molar-refractivity contribution in [2.45, 2.75) is 18.7 Å². The lowest BCUT2D eigenvalue weighted by Crippen LogP contribution is -2.28. The predicted octanol–water partition coefficient (Wildman–Crippen LogP) is 2.78. The molecule has 128 valence electrons. The van der Waals surface area contributed by atoms with E-state index in [0.29, 0.717) is 11.3 Å². The van der Waals surface area contributed by atoms with Crippen LogP contribution in [-0.2, 0) is 15.8 Å². The van der Waals surface area contributed by atoms with E-state index in [-0.39, 0.29) is 11.4 Å². The smallest absolute Gasteiger partial charge is 0.269 e. The number of hydrogen-bond donors (Lipinski definition) is 1. The Hall–Kier alpha value is -2.45. The molecule has 8 heteroatoms. The van der Waals surface area contributed by atoms with E-state index in [9.17, 15) is 18.5 Å². The third kappa shape index (κ3) is 4.77. The summed E-state index contributed by atoms with van der Waals surface area (Å²) in [6.45, 7) is 1.73. The molecule has 2 rings (SSSR count). The van der Waals surface area contributed by atoms with Crippen LogP contribution in [0.2, 0.25) is 0 Å². The zero-order valence-corrected chi connectivity index (χ0v) is 14.1. The Bertz CT molecular complexity index is 819. The first kappa shape index (κ1) is 17.9. The van der Waals surface area contributed by atoms with Gasteiger partial charge < -0.3 is 4.74 Å².